The van der Waals surface area contributed by atoms with E-state index < -0.39 is 0 Å². The Bertz CT molecular complexity index is 636. The van der Waals surface area contributed by atoms with Gasteiger partial charge < -0.3 is 9.84 Å². The predicted molar refractivity (Wildman–Crippen MR) is 82.8 cm³/mol. The van der Waals surface area contributed by atoms with E-state index in [0.717, 1.165) is 31.4 Å². The van der Waals surface area contributed by atoms with Crippen molar-refractivity contribution in [2.75, 3.05) is 6.54 Å². The van der Waals surface area contributed by atoms with E-state index in [1.165, 1.54) is 0 Å². The van der Waals surface area contributed by atoms with Crippen molar-refractivity contribution in [1.29, 1.82) is 0 Å². The Kier molecular flexibility index (Phi) is 4.20. The Balaban J connectivity index is 1.80. The molecule has 0 spiro atoms. The molecule has 0 saturated carbocycles. The molecule has 1 unspecified atom stereocenters. The molecular formula is C15H17Cl2N3O. The van der Waals surface area contributed by atoms with Crippen molar-refractivity contribution in [2.24, 2.45) is 0 Å². The minimum absolute atomic E-state index is 0.150. The maximum atomic E-state index is 6.03. The van der Waals surface area contributed by atoms with Crippen LogP contribution in [-0.4, -0.2) is 16.7 Å². The van der Waals surface area contributed by atoms with E-state index in [2.05, 4.69) is 22.4 Å². The predicted octanol–water partition coefficient (Wildman–Crippen LogP) is 3.96. The SMILES string of the molecule is CCC1(c2nc(Cc3ccc(Cl)c(Cl)c3)no2)CCCN1. The molecule has 1 aromatic carbocycles. The number of aromatic nitrogens is 2. The molecular weight excluding hydrogens is 309 g/mol. The van der Waals surface area contributed by atoms with Crippen LogP contribution in [-0.2, 0) is 12.0 Å². The Hall–Kier alpha value is -1.10. The first kappa shape index (κ1) is 14.8. The third kappa shape index (κ3) is 2.93. The fraction of sp³-hybridized carbons (Fsp3) is 0.467. The lowest BCUT2D eigenvalue weighted by Gasteiger charge is -2.22. The zero-order chi connectivity index (χ0) is 14.9. The number of nitrogens with one attached hydrogen (secondary N) is 1. The standard InChI is InChI=1S/C15H17Cl2N3O/c1-2-15(6-3-7-18-15)14-19-13(20-21-14)9-10-4-5-11(16)12(17)8-10/h4-5,8,18H,2-3,6-7,9H2,1H3. The molecule has 0 aliphatic carbocycles. The molecule has 0 radical (unpaired) electrons. The van der Waals surface area contributed by atoms with Crippen molar-refractivity contribution in [1.82, 2.24) is 15.5 Å². The van der Waals surface area contributed by atoms with E-state index in [9.17, 15) is 0 Å². The van der Waals surface area contributed by atoms with Gasteiger partial charge in [0.25, 0.3) is 0 Å². The van der Waals surface area contributed by atoms with Gasteiger partial charge in [-0.3, -0.25) is 0 Å². The summed E-state index contributed by atoms with van der Waals surface area (Å²) in [6.07, 6.45) is 3.71. The van der Waals surface area contributed by atoms with Gasteiger partial charge in [-0.25, -0.2) is 0 Å². The summed E-state index contributed by atoms with van der Waals surface area (Å²) in [6, 6.07) is 5.54. The number of benzene rings is 1. The van der Waals surface area contributed by atoms with Gasteiger partial charge in [0, 0.05) is 6.42 Å². The van der Waals surface area contributed by atoms with Gasteiger partial charge in [-0.1, -0.05) is 41.3 Å². The summed E-state index contributed by atoms with van der Waals surface area (Å²) in [5, 5.41) is 8.69. The highest BCUT2D eigenvalue weighted by Crippen LogP contribution is 2.33. The zero-order valence-electron chi connectivity index (χ0n) is 11.8. The second-order valence-corrected chi connectivity index (χ2v) is 6.22. The van der Waals surface area contributed by atoms with Gasteiger partial charge in [0.05, 0.1) is 15.6 Å². The van der Waals surface area contributed by atoms with Gasteiger partial charge in [-0.15, -0.1) is 0 Å². The first-order chi connectivity index (χ1) is 10.1. The van der Waals surface area contributed by atoms with Crippen LogP contribution in [0.1, 0.15) is 43.5 Å². The summed E-state index contributed by atoms with van der Waals surface area (Å²) < 4.78 is 5.49. The summed E-state index contributed by atoms with van der Waals surface area (Å²) in [5.41, 5.74) is 0.866. The van der Waals surface area contributed by atoms with Crippen molar-refractivity contribution < 1.29 is 4.52 Å². The average Bonchev–Trinajstić information content (AvgIpc) is 3.12. The topological polar surface area (TPSA) is 51.0 Å². The second-order valence-electron chi connectivity index (χ2n) is 5.41. The Morgan fingerprint density at radius 1 is 1.33 bits per heavy atom. The van der Waals surface area contributed by atoms with Gasteiger partial charge in [-0.05, 0) is 43.5 Å². The van der Waals surface area contributed by atoms with Crippen molar-refractivity contribution in [2.45, 2.75) is 38.1 Å². The Labute approximate surface area is 133 Å². The number of halogens is 2. The van der Waals surface area contributed by atoms with Crippen LogP contribution in [0.2, 0.25) is 10.0 Å². The van der Waals surface area contributed by atoms with Crippen molar-refractivity contribution in [3.8, 4) is 0 Å². The third-order valence-electron chi connectivity index (χ3n) is 4.07. The second kappa shape index (κ2) is 5.95. The lowest BCUT2D eigenvalue weighted by molar-refractivity contribution is 0.249. The number of rotatable bonds is 4. The molecule has 1 N–H and O–H groups in total. The van der Waals surface area contributed by atoms with Gasteiger partial charge in [0.1, 0.15) is 0 Å². The van der Waals surface area contributed by atoms with Crippen molar-refractivity contribution >= 4 is 23.2 Å². The maximum Gasteiger partial charge on any atom is 0.246 e. The molecule has 1 aromatic heterocycles. The maximum absolute atomic E-state index is 6.03. The summed E-state index contributed by atoms with van der Waals surface area (Å²) in [7, 11) is 0. The summed E-state index contributed by atoms with van der Waals surface area (Å²) >= 11 is 11.9. The molecule has 2 aromatic rings. The smallest absolute Gasteiger partial charge is 0.246 e. The largest absolute Gasteiger partial charge is 0.337 e. The fourth-order valence-corrected chi connectivity index (χ4v) is 3.11. The minimum atomic E-state index is -0.150. The average molecular weight is 326 g/mol. The molecule has 1 fully saturated rings. The van der Waals surface area contributed by atoms with E-state index in [1.807, 2.05) is 12.1 Å². The highest BCUT2D eigenvalue weighted by molar-refractivity contribution is 6.42. The van der Waals surface area contributed by atoms with Gasteiger partial charge in [-0.2, -0.15) is 4.98 Å². The molecule has 21 heavy (non-hydrogen) atoms. The lowest BCUT2D eigenvalue weighted by atomic mass is 9.94. The lowest BCUT2D eigenvalue weighted by Crippen LogP contribution is -2.36. The summed E-state index contributed by atoms with van der Waals surface area (Å²) in [5.74, 6) is 1.36. The molecule has 1 aliphatic rings. The molecule has 1 saturated heterocycles. The molecule has 0 amide bonds. The fourth-order valence-electron chi connectivity index (χ4n) is 2.79. The highest BCUT2D eigenvalue weighted by atomic mass is 35.5. The summed E-state index contributed by atoms with van der Waals surface area (Å²) in [4.78, 5) is 4.57. The molecule has 1 atom stereocenters. The van der Waals surface area contributed by atoms with E-state index in [1.54, 1.807) is 6.07 Å². The van der Waals surface area contributed by atoms with Crippen LogP contribution in [0.25, 0.3) is 0 Å². The normalized spacial score (nSPS) is 21.9. The van der Waals surface area contributed by atoms with Crippen molar-refractivity contribution in [3.63, 3.8) is 0 Å². The molecule has 6 heteroatoms. The van der Waals surface area contributed by atoms with Gasteiger partial charge in [0.15, 0.2) is 5.82 Å². The van der Waals surface area contributed by atoms with Crippen LogP contribution in [0.5, 0.6) is 0 Å². The van der Waals surface area contributed by atoms with E-state index >= 15 is 0 Å². The van der Waals surface area contributed by atoms with E-state index in [0.29, 0.717) is 28.2 Å². The highest BCUT2D eigenvalue weighted by Gasteiger charge is 2.38. The quantitative estimate of drug-likeness (QED) is 0.924. The zero-order valence-corrected chi connectivity index (χ0v) is 13.3. The van der Waals surface area contributed by atoms with Crippen LogP contribution in [0.15, 0.2) is 22.7 Å². The number of hydrogen-bond donors (Lipinski definition) is 1. The Morgan fingerprint density at radius 3 is 2.86 bits per heavy atom. The monoisotopic (exact) mass is 325 g/mol. The van der Waals surface area contributed by atoms with Crippen LogP contribution in [0, 0.1) is 0 Å². The number of hydrogen-bond acceptors (Lipinski definition) is 4. The molecule has 0 bridgehead atoms. The first-order valence-electron chi connectivity index (χ1n) is 7.15. The van der Waals surface area contributed by atoms with E-state index in [-0.39, 0.29) is 5.54 Å². The number of nitrogens with zero attached hydrogens (tertiary/aromatic N) is 2. The van der Waals surface area contributed by atoms with Crippen LogP contribution in [0.4, 0.5) is 0 Å². The van der Waals surface area contributed by atoms with Gasteiger partial charge >= 0.3 is 0 Å². The summed E-state index contributed by atoms with van der Waals surface area (Å²) in [6.45, 7) is 3.14. The molecule has 3 rings (SSSR count). The molecule has 112 valence electrons. The van der Waals surface area contributed by atoms with E-state index in [4.69, 9.17) is 27.7 Å². The third-order valence-corrected chi connectivity index (χ3v) is 4.81. The molecule has 1 aliphatic heterocycles. The van der Waals surface area contributed by atoms with Crippen molar-refractivity contribution in [3.05, 3.63) is 45.5 Å². The minimum Gasteiger partial charge on any atom is -0.337 e. The molecule has 2 heterocycles. The first-order valence-corrected chi connectivity index (χ1v) is 7.90. The Morgan fingerprint density at radius 2 is 2.19 bits per heavy atom. The van der Waals surface area contributed by atoms with Gasteiger partial charge in [0.2, 0.25) is 5.89 Å². The van der Waals surface area contributed by atoms with Crippen LogP contribution < -0.4 is 5.32 Å². The van der Waals surface area contributed by atoms with Crippen LogP contribution in [0.3, 0.4) is 0 Å². The molecule has 4 nitrogen and oxygen atoms in total. The van der Waals surface area contributed by atoms with Crippen LogP contribution >= 0.6 is 23.2 Å².